The lowest BCUT2D eigenvalue weighted by Gasteiger charge is -2.30. The van der Waals surface area contributed by atoms with Gasteiger partial charge in [-0.05, 0) is 57.2 Å². The number of fused-ring (bicyclic) bond motifs is 2. The number of hydrogen-bond acceptors (Lipinski definition) is 10. The summed E-state index contributed by atoms with van der Waals surface area (Å²) in [6, 6.07) is 10.2. The first-order valence-electron chi connectivity index (χ1n) is 15.0. The van der Waals surface area contributed by atoms with Crippen LogP contribution >= 0.6 is 0 Å². The summed E-state index contributed by atoms with van der Waals surface area (Å²) in [5.74, 6) is 1.03. The molecule has 0 radical (unpaired) electrons. The third kappa shape index (κ3) is 7.57. The number of nitrogens with two attached hydrogens (primary N) is 1. The number of amides is 4. The predicted octanol–water partition coefficient (Wildman–Crippen LogP) is 1.90. The Morgan fingerprint density at radius 1 is 0.913 bits per heavy atom. The zero-order valence-corrected chi connectivity index (χ0v) is 26.4. The van der Waals surface area contributed by atoms with Crippen LogP contribution in [0.4, 0.5) is 21.9 Å². The van der Waals surface area contributed by atoms with Gasteiger partial charge in [-0.15, -0.1) is 0 Å². The molecule has 4 aliphatic rings. The SMILES string of the molecule is COCN1C(=O)COc2ccc(N3C[C@@H](NC(=O)OC(C)(C)C)CC3=O)cc21.N[C@H]1CC(=O)N(c2ccc3c(c2)CC(=O)CO3)C1. The normalized spacial score (nSPS) is 20.8. The van der Waals surface area contributed by atoms with Gasteiger partial charge in [0.2, 0.25) is 11.8 Å². The molecule has 0 saturated carbocycles. The first-order chi connectivity index (χ1) is 21.8. The van der Waals surface area contributed by atoms with Gasteiger partial charge in [-0.25, -0.2) is 4.79 Å². The van der Waals surface area contributed by atoms with Gasteiger partial charge in [-0.3, -0.25) is 24.1 Å². The smallest absolute Gasteiger partial charge is 0.407 e. The topological polar surface area (TPSA) is 170 Å². The van der Waals surface area contributed by atoms with Crippen molar-refractivity contribution < 1.29 is 42.9 Å². The fraction of sp³-hybridized carbons (Fsp3) is 0.469. The van der Waals surface area contributed by atoms with E-state index < -0.39 is 11.7 Å². The molecule has 2 aromatic rings. The lowest BCUT2D eigenvalue weighted by molar-refractivity contribution is -0.122. The standard InChI is InChI=1S/C19H25N3O6.C13H14N2O3/c1-19(2,3)28-18(25)20-12-7-16(23)21(9-12)13-5-6-15-14(8-13)22(11-26-4)17(24)10-27-15;14-9-5-13(17)15(6-9)10-1-2-12-8(3-10)4-11(16)7-18-12/h5-6,8,12H,7,9-11H2,1-4H3,(H,20,25);1-3,9H,4-7,14H2/t12-;9-/m00/s1. The number of benzene rings is 2. The number of hydrogen-bond donors (Lipinski definition) is 2. The van der Waals surface area contributed by atoms with E-state index in [1.54, 1.807) is 48.8 Å². The minimum Gasteiger partial charge on any atom is -0.486 e. The number of rotatable bonds is 5. The van der Waals surface area contributed by atoms with E-state index in [1.165, 1.54) is 12.0 Å². The average Bonchev–Trinajstić information content (AvgIpc) is 3.52. The monoisotopic (exact) mass is 637 g/mol. The quantitative estimate of drug-likeness (QED) is 0.494. The minimum absolute atomic E-state index is 0.0329. The maximum atomic E-state index is 12.5. The van der Waals surface area contributed by atoms with Gasteiger partial charge in [0.25, 0.3) is 5.91 Å². The molecule has 2 atom stereocenters. The number of anilines is 3. The second-order valence-corrected chi connectivity index (χ2v) is 12.5. The van der Waals surface area contributed by atoms with Crippen molar-refractivity contribution in [1.29, 1.82) is 0 Å². The molecule has 0 bridgehead atoms. The van der Waals surface area contributed by atoms with Crippen LogP contribution in [0.5, 0.6) is 11.5 Å². The lowest BCUT2D eigenvalue weighted by atomic mass is 10.0. The van der Waals surface area contributed by atoms with E-state index in [1.807, 2.05) is 18.2 Å². The molecule has 14 nitrogen and oxygen atoms in total. The molecule has 0 aromatic heterocycles. The Balaban J connectivity index is 0.000000198. The van der Waals surface area contributed by atoms with Crippen molar-refractivity contribution in [3.8, 4) is 11.5 Å². The van der Waals surface area contributed by atoms with Crippen LogP contribution in [0.25, 0.3) is 0 Å². The molecule has 2 fully saturated rings. The van der Waals surface area contributed by atoms with E-state index in [0.29, 0.717) is 43.1 Å². The summed E-state index contributed by atoms with van der Waals surface area (Å²) in [7, 11) is 1.50. The Kier molecular flexibility index (Phi) is 9.49. The molecule has 2 saturated heterocycles. The highest BCUT2D eigenvalue weighted by molar-refractivity contribution is 6.01. The number of carbonyl (C=O) groups is 5. The fourth-order valence-electron chi connectivity index (χ4n) is 5.58. The van der Waals surface area contributed by atoms with Crippen LogP contribution in [0.15, 0.2) is 36.4 Å². The second-order valence-electron chi connectivity index (χ2n) is 12.5. The molecule has 0 aliphatic carbocycles. The van der Waals surface area contributed by atoms with Gasteiger partial charge in [0, 0.05) is 62.4 Å². The molecule has 2 aromatic carbocycles. The van der Waals surface area contributed by atoms with E-state index in [0.717, 1.165) is 17.0 Å². The number of alkyl carbamates (subject to hydrolysis) is 1. The molecule has 0 unspecified atom stereocenters. The molecule has 246 valence electrons. The summed E-state index contributed by atoms with van der Waals surface area (Å²) < 4.78 is 21.1. The van der Waals surface area contributed by atoms with Gasteiger partial charge in [-0.2, -0.15) is 0 Å². The predicted molar refractivity (Wildman–Crippen MR) is 167 cm³/mol. The van der Waals surface area contributed by atoms with Crippen LogP contribution < -0.4 is 35.2 Å². The van der Waals surface area contributed by atoms with Crippen LogP contribution in [0.3, 0.4) is 0 Å². The van der Waals surface area contributed by atoms with Gasteiger partial charge in [-0.1, -0.05) is 0 Å². The van der Waals surface area contributed by atoms with Gasteiger partial charge in [0.1, 0.15) is 30.4 Å². The van der Waals surface area contributed by atoms with Crippen LogP contribution in [0.2, 0.25) is 0 Å². The highest BCUT2D eigenvalue weighted by Crippen LogP contribution is 2.37. The Labute approximate surface area is 266 Å². The van der Waals surface area contributed by atoms with Crippen LogP contribution in [-0.4, -0.2) is 87.4 Å². The number of nitrogens with one attached hydrogen (secondary N) is 1. The molecule has 6 rings (SSSR count). The van der Waals surface area contributed by atoms with Crippen molar-refractivity contribution in [2.75, 3.05) is 54.8 Å². The maximum absolute atomic E-state index is 12.5. The Hall–Kier alpha value is -4.69. The van der Waals surface area contributed by atoms with Crippen molar-refractivity contribution in [2.24, 2.45) is 5.73 Å². The van der Waals surface area contributed by atoms with E-state index in [4.69, 9.17) is 24.7 Å². The minimum atomic E-state index is -0.609. The molecule has 46 heavy (non-hydrogen) atoms. The number of Topliss-reactive ketones (excluding diaryl/α,β-unsaturated/α-hetero) is 1. The number of nitrogens with zero attached hydrogens (tertiary/aromatic N) is 3. The summed E-state index contributed by atoms with van der Waals surface area (Å²) in [6.07, 6.45) is 0.375. The number of ether oxygens (including phenoxy) is 4. The molecular weight excluding hydrogens is 598 g/mol. The van der Waals surface area contributed by atoms with E-state index in [9.17, 15) is 24.0 Å². The number of methoxy groups -OCH3 is 1. The van der Waals surface area contributed by atoms with Crippen LogP contribution in [0, 0.1) is 0 Å². The molecule has 3 N–H and O–H groups in total. The zero-order chi connectivity index (χ0) is 33.2. The highest BCUT2D eigenvalue weighted by Gasteiger charge is 2.34. The highest BCUT2D eigenvalue weighted by atomic mass is 16.6. The molecular formula is C32H39N5O9. The van der Waals surface area contributed by atoms with Gasteiger partial charge < -0.3 is 39.8 Å². The first-order valence-corrected chi connectivity index (χ1v) is 15.0. The number of carbonyl (C=O) groups excluding carboxylic acids is 5. The average molecular weight is 638 g/mol. The third-order valence-corrected chi connectivity index (χ3v) is 7.59. The molecule has 14 heteroatoms. The first kappa shape index (κ1) is 32.7. The van der Waals surface area contributed by atoms with Gasteiger partial charge in [0.15, 0.2) is 12.4 Å². The summed E-state index contributed by atoms with van der Waals surface area (Å²) in [5.41, 5.74) is 7.97. The van der Waals surface area contributed by atoms with E-state index in [2.05, 4.69) is 5.32 Å². The summed E-state index contributed by atoms with van der Waals surface area (Å²) in [4.78, 5) is 64.4. The maximum Gasteiger partial charge on any atom is 0.407 e. The van der Waals surface area contributed by atoms with Crippen LogP contribution in [-0.2, 0) is 35.1 Å². The van der Waals surface area contributed by atoms with Gasteiger partial charge in [0.05, 0.1) is 11.7 Å². The molecule has 4 amide bonds. The number of ketones is 1. The van der Waals surface area contributed by atoms with Crippen molar-refractivity contribution >= 4 is 46.7 Å². The van der Waals surface area contributed by atoms with Crippen molar-refractivity contribution in [1.82, 2.24) is 5.32 Å². The molecule has 4 aliphatic heterocycles. The Morgan fingerprint density at radius 2 is 1.57 bits per heavy atom. The Bertz CT molecular complexity index is 1540. The molecule has 0 spiro atoms. The van der Waals surface area contributed by atoms with Crippen molar-refractivity contribution in [3.05, 3.63) is 42.0 Å². The third-order valence-electron chi connectivity index (χ3n) is 7.59. The van der Waals surface area contributed by atoms with Gasteiger partial charge >= 0.3 is 6.09 Å². The van der Waals surface area contributed by atoms with Crippen molar-refractivity contribution in [2.45, 2.75) is 57.7 Å². The fourth-order valence-corrected chi connectivity index (χ4v) is 5.58. The largest absolute Gasteiger partial charge is 0.486 e. The van der Waals surface area contributed by atoms with Crippen molar-refractivity contribution in [3.63, 3.8) is 0 Å². The zero-order valence-electron chi connectivity index (χ0n) is 26.4. The van der Waals surface area contributed by atoms with E-state index in [-0.39, 0.29) is 62.0 Å². The Morgan fingerprint density at radius 3 is 2.24 bits per heavy atom. The second kappa shape index (κ2) is 13.3. The lowest BCUT2D eigenvalue weighted by Crippen LogP contribution is -2.41. The summed E-state index contributed by atoms with van der Waals surface area (Å²) in [6.45, 7) is 6.36. The summed E-state index contributed by atoms with van der Waals surface area (Å²) >= 11 is 0. The molecule has 4 heterocycles. The van der Waals surface area contributed by atoms with E-state index >= 15 is 0 Å². The summed E-state index contributed by atoms with van der Waals surface area (Å²) in [5, 5.41) is 2.73. The van der Waals surface area contributed by atoms with Crippen LogP contribution in [0.1, 0.15) is 39.2 Å².